The van der Waals surface area contributed by atoms with Crippen molar-refractivity contribution in [3.8, 4) is 0 Å². The third-order valence-corrected chi connectivity index (χ3v) is 4.44. The SMILES string of the molecule is CCCCC(=O)c1ccc(CCc2cnc3c(n2)C(=O)NC(C)N3)cc1. The molecule has 2 N–H and O–H groups in total. The lowest BCUT2D eigenvalue weighted by atomic mass is 10.0. The molecule has 0 saturated carbocycles. The molecule has 2 aromatic rings. The Balaban J connectivity index is 1.62. The first-order chi connectivity index (χ1) is 12.6. The quantitative estimate of drug-likeness (QED) is 0.748. The summed E-state index contributed by atoms with van der Waals surface area (Å²) in [7, 11) is 0. The van der Waals surface area contributed by atoms with Crippen molar-refractivity contribution in [1.82, 2.24) is 15.3 Å². The van der Waals surface area contributed by atoms with E-state index in [9.17, 15) is 9.59 Å². The molecule has 1 atom stereocenters. The number of benzene rings is 1. The molecule has 3 rings (SSSR count). The highest BCUT2D eigenvalue weighted by atomic mass is 16.2. The second-order valence-electron chi connectivity index (χ2n) is 6.62. The first kappa shape index (κ1) is 18.0. The van der Waals surface area contributed by atoms with E-state index in [1.807, 2.05) is 31.2 Å². The van der Waals surface area contributed by atoms with Crippen molar-refractivity contribution in [2.45, 2.75) is 52.1 Å². The number of carbonyl (C=O) groups is 2. The van der Waals surface area contributed by atoms with E-state index in [4.69, 9.17) is 0 Å². The molecule has 0 saturated heterocycles. The van der Waals surface area contributed by atoms with Gasteiger partial charge in [0.25, 0.3) is 5.91 Å². The summed E-state index contributed by atoms with van der Waals surface area (Å²) < 4.78 is 0. The highest BCUT2D eigenvalue weighted by molar-refractivity contribution is 5.98. The Bertz CT molecular complexity index is 802. The molecule has 0 bridgehead atoms. The van der Waals surface area contributed by atoms with Crippen molar-refractivity contribution in [2.75, 3.05) is 5.32 Å². The largest absolute Gasteiger partial charge is 0.348 e. The number of carbonyl (C=O) groups excluding carboxylic acids is 2. The fourth-order valence-corrected chi connectivity index (χ4v) is 2.93. The minimum Gasteiger partial charge on any atom is -0.348 e. The summed E-state index contributed by atoms with van der Waals surface area (Å²) in [5.41, 5.74) is 3.02. The molecule has 1 unspecified atom stereocenters. The number of rotatable bonds is 7. The molecule has 136 valence electrons. The van der Waals surface area contributed by atoms with Crippen molar-refractivity contribution in [1.29, 1.82) is 0 Å². The van der Waals surface area contributed by atoms with Crippen molar-refractivity contribution >= 4 is 17.5 Å². The number of aryl methyl sites for hydroxylation is 2. The van der Waals surface area contributed by atoms with Crippen LogP contribution in [0.25, 0.3) is 0 Å². The minimum absolute atomic E-state index is 0.145. The molecule has 0 spiro atoms. The number of aromatic nitrogens is 2. The number of anilines is 1. The Morgan fingerprint density at radius 1 is 1.15 bits per heavy atom. The fourth-order valence-electron chi connectivity index (χ4n) is 2.93. The van der Waals surface area contributed by atoms with E-state index in [0.717, 1.165) is 36.1 Å². The van der Waals surface area contributed by atoms with Gasteiger partial charge in [0.15, 0.2) is 17.3 Å². The van der Waals surface area contributed by atoms with E-state index in [-0.39, 0.29) is 17.9 Å². The fraction of sp³-hybridized carbons (Fsp3) is 0.400. The first-order valence-corrected chi connectivity index (χ1v) is 9.12. The monoisotopic (exact) mass is 352 g/mol. The maximum absolute atomic E-state index is 12.0. The van der Waals surface area contributed by atoms with Gasteiger partial charge in [0.2, 0.25) is 0 Å². The van der Waals surface area contributed by atoms with Crippen LogP contribution in [0, 0.1) is 0 Å². The van der Waals surface area contributed by atoms with Gasteiger partial charge in [0.05, 0.1) is 18.1 Å². The number of hydrogen-bond donors (Lipinski definition) is 2. The van der Waals surface area contributed by atoms with Gasteiger partial charge < -0.3 is 10.6 Å². The second-order valence-corrected chi connectivity index (χ2v) is 6.62. The zero-order valence-electron chi connectivity index (χ0n) is 15.2. The third-order valence-electron chi connectivity index (χ3n) is 4.44. The molecule has 6 nitrogen and oxygen atoms in total. The van der Waals surface area contributed by atoms with E-state index in [1.54, 1.807) is 6.20 Å². The van der Waals surface area contributed by atoms with Gasteiger partial charge in [0.1, 0.15) is 0 Å². The van der Waals surface area contributed by atoms with Gasteiger partial charge in [-0.25, -0.2) is 9.97 Å². The molecule has 1 amide bonds. The van der Waals surface area contributed by atoms with Crippen LogP contribution >= 0.6 is 0 Å². The molecule has 26 heavy (non-hydrogen) atoms. The summed E-state index contributed by atoms with van der Waals surface area (Å²) >= 11 is 0. The maximum Gasteiger partial charge on any atom is 0.275 e. The second kappa shape index (κ2) is 8.08. The number of nitrogens with zero attached hydrogens (tertiary/aromatic N) is 2. The smallest absolute Gasteiger partial charge is 0.275 e. The number of hydrogen-bond acceptors (Lipinski definition) is 5. The normalized spacial score (nSPS) is 15.8. The van der Waals surface area contributed by atoms with Crippen molar-refractivity contribution < 1.29 is 9.59 Å². The lowest BCUT2D eigenvalue weighted by molar-refractivity contribution is 0.0931. The van der Waals surface area contributed by atoms with Crippen LogP contribution < -0.4 is 10.6 Å². The predicted molar refractivity (Wildman–Crippen MR) is 100 cm³/mol. The number of Topliss-reactive ketones (excluding diaryl/α,β-unsaturated/α-hetero) is 1. The molecular formula is C20H24N4O2. The van der Waals surface area contributed by atoms with Crippen molar-refractivity contribution in [3.05, 3.63) is 53.0 Å². The highest BCUT2D eigenvalue weighted by Crippen LogP contribution is 2.17. The van der Waals surface area contributed by atoms with Gasteiger partial charge in [-0.3, -0.25) is 9.59 Å². The number of unbranched alkanes of at least 4 members (excludes halogenated alkanes) is 1. The molecule has 1 aliphatic rings. The van der Waals surface area contributed by atoms with Gasteiger partial charge in [-0.1, -0.05) is 37.6 Å². The molecular weight excluding hydrogens is 328 g/mol. The summed E-state index contributed by atoms with van der Waals surface area (Å²) in [5.74, 6) is 0.530. The van der Waals surface area contributed by atoms with Crippen LogP contribution in [0.2, 0.25) is 0 Å². The molecule has 0 aliphatic carbocycles. The van der Waals surface area contributed by atoms with E-state index in [2.05, 4.69) is 27.5 Å². The first-order valence-electron chi connectivity index (χ1n) is 9.12. The molecule has 2 heterocycles. The topological polar surface area (TPSA) is 84.0 Å². The lowest BCUT2D eigenvalue weighted by Crippen LogP contribution is -2.44. The average Bonchev–Trinajstić information content (AvgIpc) is 2.65. The third kappa shape index (κ3) is 4.25. The van der Waals surface area contributed by atoms with Gasteiger partial charge in [0, 0.05) is 12.0 Å². The Hall–Kier alpha value is -2.76. The Labute approximate surface area is 153 Å². The summed E-state index contributed by atoms with van der Waals surface area (Å²) in [6.07, 6.45) is 5.59. The van der Waals surface area contributed by atoms with E-state index < -0.39 is 0 Å². The Morgan fingerprint density at radius 2 is 1.92 bits per heavy atom. The molecule has 6 heteroatoms. The summed E-state index contributed by atoms with van der Waals surface area (Å²) in [4.78, 5) is 32.8. The highest BCUT2D eigenvalue weighted by Gasteiger charge is 2.23. The van der Waals surface area contributed by atoms with Crippen LogP contribution in [0.3, 0.4) is 0 Å². The van der Waals surface area contributed by atoms with Gasteiger partial charge >= 0.3 is 0 Å². The van der Waals surface area contributed by atoms with Gasteiger partial charge in [-0.2, -0.15) is 0 Å². The zero-order chi connectivity index (χ0) is 18.5. The van der Waals surface area contributed by atoms with Crippen molar-refractivity contribution in [2.24, 2.45) is 0 Å². The van der Waals surface area contributed by atoms with Crippen LogP contribution in [-0.2, 0) is 12.8 Å². The van der Waals surface area contributed by atoms with Crippen LogP contribution in [0.4, 0.5) is 5.82 Å². The molecule has 0 radical (unpaired) electrons. The number of nitrogens with one attached hydrogen (secondary N) is 2. The summed E-state index contributed by atoms with van der Waals surface area (Å²) in [6.45, 7) is 3.94. The summed E-state index contributed by atoms with van der Waals surface area (Å²) in [6, 6.07) is 7.76. The Kier molecular flexibility index (Phi) is 5.61. The van der Waals surface area contributed by atoms with E-state index >= 15 is 0 Å². The van der Waals surface area contributed by atoms with Crippen LogP contribution in [0.5, 0.6) is 0 Å². The number of amides is 1. The van der Waals surface area contributed by atoms with E-state index in [1.165, 1.54) is 0 Å². The molecule has 1 aromatic carbocycles. The molecule has 1 aliphatic heterocycles. The number of ketones is 1. The summed E-state index contributed by atoms with van der Waals surface area (Å²) in [5, 5.41) is 5.87. The van der Waals surface area contributed by atoms with Crippen LogP contribution in [0.1, 0.15) is 65.2 Å². The van der Waals surface area contributed by atoms with Crippen molar-refractivity contribution in [3.63, 3.8) is 0 Å². The lowest BCUT2D eigenvalue weighted by Gasteiger charge is -2.23. The standard InChI is InChI=1S/C20H24N4O2/c1-3-4-5-17(25)15-9-6-14(7-10-15)8-11-16-12-21-19-18(24-16)20(26)23-13(2)22-19/h6-7,9-10,12-13H,3-5,8,11H2,1-2H3,(H,21,22)(H,23,26). The molecule has 0 fully saturated rings. The van der Waals surface area contributed by atoms with Gasteiger partial charge in [-0.05, 0) is 31.7 Å². The number of fused-ring (bicyclic) bond motifs is 1. The average molecular weight is 352 g/mol. The van der Waals surface area contributed by atoms with Crippen LogP contribution in [0.15, 0.2) is 30.5 Å². The zero-order valence-corrected chi connectivity index (χ0v) is 15.2. The Morgan fingerprint density at radius 3 is 2.65 bits per heavy atom. The predicted octanol–water partition coefficient (Wildman–Crippen LogP) is 3.14. The van der Waals surface area contributed by atoms with Gasteiger partial charge in [-0.15, -0.1) is 0 Å². The van der Waals surface area contributed by atoms with Crippen LogP contribution in [-0.4, -0.2) is 27.8 Å². The molecule has 1 aromatic heterocycles. The maximum atomic E-state index is 12.0. The minimum atomic E-state index is -0.199. The van der Waals surface area contributed by atoms with E-state index in [0.29, 0.717) is 24.4 Å².